The van der Waals surface area contributed by atoms with Gasteiger partial charge >= 0.3 is 0 Å². The number of benzene rings is 1. The van der Waals surface area contributed by atoms with E-state index in [1.807, 2.05) is 30.3 Å². The summed E-state index contributed by atoms with van der Waals surface area (Å²) in [5.41, 5.74) is 7.11. The van der Waals surface area contributed by atoms with Crippen LogP contribution in [0.1, 0.15) is 31.7 Å². The zero-order valence-electron chi connectivity index (χ0n) is 13.7. The normalized spacial score (nSPS) is 17.3. The number of halogens is 2. The first-order valence-corrected chi connectivity index (χ1v) is 7.97. The van der Waals surface area contributed by atoms with Gasteiger partial charge in [0.05, 0.1) is 6.04 Å². The Balaban J connectivity index is 0.00000242. The van der Waals surface area contributed by atoms with Crippen LogP contribution in [0.3, 0.4) is 0 Å². The lowest BCUT2D eigenvalue weighted by atomic mass is 10.1. The fraction of sp³-hybridized carbons (Fsp3) is 0.588. The van der Waals surface area contributed by atoms with E-state index >= 15 is 0 Å². The van der Waals surface area contributed by atoms with Crippen molar-refractivity contribution in [3.63, 3.8) is 0 Å². The Morgan fingerprint density at radius 2 is 1.78 bits per heavy atom. The van der Waals surface area contributed by atoms with Crippen molar-refractivity contribution in [1.29, 1.82) is 0 Å². The van der Waals surface area contributed by atoms with Crippen molar-refractivity contribution in [2.75, 3.05) is 19.6 Å². The Kier molecular flexibility index (Phi) is 11.3. The molecule has 0 aliphatic carbocycles. The third-order valence-corrected chi connectivity index (χ3v) is 4.00. The molecule has 1 saturated heterocycles. The largest absolute Gasteiger partial charge is 0.351 e. The van der Waals surface area contributed by atoms with Crippen molar-refractivity contribution in [3.8, 4) is 0 Å². The van der Waals surface area contributed by atoms with Crippen LogP contribution in [-0.4, -0.2) is 42.5 Å². The number of nitrogens with zero attached hydrogens (tertiary/aromatic N) is 1. The molecule has 0 radical (unpaired) electrons. The highest BCUT2D eigenvalue weighted by molar-refractivity contribution is 5.85. The van der Waals surface area contributed by atoms with E-state index in [2.05, 4.69) is 17.1 Å². The molecule has 4 nitrogen and oxygen atoms in total. The highest BCUT2D eigenvalue weighted by Crippen LogP contribution is 2.09. The Morgan fingerprint density at radius 3 is 2.39 bits per heavy atom. The van der Waals surface area contributed by atoms with Gasteiger partial charge in [-0.05, 0) is 44.8 Å². The van der Waals surface area contributed by atoms with Crippen LogP contribution in [0.15, 0.2) is 30.3 Å². The minimum Gasteiger partial charge on any atom is -0.351 e. The lowest BCUT2D eigenvalue weighted by Gasteiger charge is -2.29. The van der Waals surface area contributed by atoms with Gasteiger partial charge in [0.2, 0.25) is 5.91 Å². The van der Waals surface area contributed by atoms with Crippen LogP contribution in [0.25, 0.3) is 0 Å². The lowest BCUT2D eigenvalue weighted by Crippen LogP contribution is -2.49. The molecule has 1 fully saturated rings. The Hall–Kier alpha value is -0.810. The smallest absolute Gasteiger partial charge is 0.237 e. The maximum Gasteiger partial charge on any atom is 0.237 e. The van der Waals surface area contributed by atoms with Gasteiger partial charge < -0.3 is 16.0 Å². The van der Waals surface area contributed by atoms with E-state index in [4.69, 9.17) is 5.73 Å². The van der Waals surface area contributed by atoms with Crippen LogP contribution in [-0.2, 0) is 11.2 Å². The van der Waals surface area contributed by atoms with E-state index in [9.17, 15) is 4.79 Å². The van der Waals surface area contributed by atoms with E-state index in [-0.39, 0.29) is 36.8 Å². The Morgan fingerprint density at radius 1 is 1.17 bits per heavy atom. The molecule has 1 aromatic rings. The van der Waals surface area contributed by atoms with Gasteiger partial charge in [0.1, 0.15) is 0 Å². The minimum atomic E-state index is -0.476. The first kappa shape index (κ1) is 22.2. The zero-order chi connectivity index (χ0) is 15.1. The molecule has 0 aromatic heterocycles. The van der Waals surface area contributed by atoms with Gasteiger partial charge in [-0.2, -0.15) is 0 Å². The lowest BCUT2D eigenvalue weighted by molar-refractivity contribution is -0.123. The summed E-state index contributed by atoms with van der Waals surface area (Å²) in [7, 11) is 0. The monoisotopic (exact) mass is 361 g/mol. The fourth-order valence-corrected chi connectivity index (χ4v) is 2.89. The molecule has 1 aliphatic heterocycles. The maximum atomic E-state index is 12.1. The van der Waals surface area contributed by atoms with Crippen molar-refractivity contribution in [2.24, 2.45) is 5.73 Å². The van der Waals surface area contributed by atoms with E-state index in [1.165, 1.54) is 19.3 Å². The molecule has 6 heteroatoms. The second-order valence-electron chi connectivity index (χ2n) is 6.07. The predicted octanol–water partition coefficient (Wildman–Crippen LogP) is 2.39. The SMILES string of the molecule is CC(CN1CCCCC1)NC(=O)C(N)Cc1ccccc1.Cl.Cl. The highest BCUT2D eigenvalue weighted by atomic mass is 35.5. The molecular formula is C17H29Cl2N3O. The van der Waals surface area contributed by atoms with Crippen LogP contribution < -0.4 is 11.1 Å². The number of piperidine rings is 1. The molecule has 0 bridgehead atoms. The number of likely N-dealkylation sites (tertiary alicyclic amines) is 1. The summed E-state index contributed by atoms with van der Waals surface area (Å²) >= 11 is 0. The molecule has 132 valence electrons. The molecular weight excluding hydrogens is 333 g/mol. The summed E-state index contributed by atoms with van der Waals surface area (Å²) in [4.78, 5) is 14.6. The van der Waals surface area contributed by atoms with Crippen LogP contribution in [0.5, 0.6) is 0 Å². The minimum absolute atomic E-state index is 0. The van der Waals surface area contributed by atoms with Gasteiger partial charge in [-0.3, -0.25) is 4.79 Å². The number of hydrogen-bond donors (Lipinski definition) is 2. The van der Waals surface area contributed by atoms with Crippen LogP contribution in [0.4, 0.5) is 0 Å². The van der Waals surface area contributed by atoms with Gasteiger partial charge in [-0.15, -0.1) is 24.8 Å². The molecule has 1 amide bonds. The summed E-state index contributed by atoms with van der Waals surface area (Å²) in [6.07, 6.45) is 4.46. The van der Waals surface area contributed by atoms with Crippen molar-refractivity contribution in [1.82, 2.24) is 10.2 Å². The van der Waals surface area contributed by atoms with E-state index in [0.29, 0.717) is 6.42 Å². The van der Waals surface area contributed by atoms with Gasteiger partial charge in [0.25, 0.3) is 0 Å². The Bertz CT molecular complexity index is 439. The summed E-state index contributed by atoms with van der Waals surface area (Å²) < 4.78 is 0. The van der Waals surface area contributed by atoms with Gasteiger partial charge in [-0.25, -0.2) is 0 Å². The maximum absolute atomic E-state index is 12.1. The molecule has 2 rings (SSSR count). The second-order valence-corrected chi connectivity index (χ2v) is 6.07. The fourth-order valence-electron chi connectivity index (χ4n) is 2.89. The van der Waals surface area contributed by atoms with Crippen LogP contribution in [0, 0.1) is 0 Å². The molecule has 3 N–H and O–H groups in total. The number of nitrogens with one attached hydrogen (secondary N) is 1. The average molecular weight is 362 g/mol. The van der Waals surface area contributed by atoms with E-state index in [0.717, 1.165) is 25.2 Å². The number of carbonyl (C=O) groups is 1. The van der Waals surface area contributed by atoms with Crippen molar-refractivity contribution in [3.05, 3.63) is 35.9 Å². The number of rotatable bonds is 6. The standard InChI is InChI=1S/C17H27N3O.2ClH/c1-14(13-20-10-6-3-7-11-20)19-17(21)16(18)12-15-8-4-2-5-9-15;;/h2,4-5,8-9,14,16H,3,6-7,10-13,18H2,1H3,(H,19,21);2*1H. The summed E-state index contributed by atoms with van der Waals surface area (Å²) in [5.74, 6) is -0.0524. The predicted molar refractivity (Wildman–Crippen MR) is 101 cm³/mol. The number of amides is 1. The topological polar surface area (TPSA) is 58.4 Å². The first-order valence-electron chi connectivity index (χ1n) is 7.97. The quantitative estimate of drug-likeness (QED) is 0.817. The molecule has 1 heterocycles. The van der Waals surface area contributed by atoms with Gasteiger partial charge in [-0.1, -0.05) is 36.8 Å². The second kappa shape index (κ2) is 11.7. The Labute approximate surface area is 152 Å². The van der Waals surface area contributed by atoms with E-state index < -0.39 is 6.04 Å². The molecule has 0 spiro atoms. The molecule has 2 unspecified atom stereocenters. The zero-order valence-corrected chi connectivity index (χ0v) is 15.4. The number of carbonyl (C=O) groups excluding carboxylic acids is 1. The average Bonchev–Trinajstić information content (AvgIpc) is 2.49. The summed E-state index contributed by atoms with van der Waals surface area (Å²) in [6.45, 7) is 5.28. The third-order valence-electron chi connectivity index (χ3n) is 4.00. The molecule has 1 aromatic carbocycles. The van der Waals surface area contributed by atoms with Gasteiger partial charge in [0.15, 0.2) is 0 Å². The number of hydrogen-bond acceptors (Lipinski definition) is 3. The van der Waals surface area contributed by atoms with Crippen molar-refractivity contribution in [2.45, 2.75) is 44.7 Å². The van der Waals surface area contributed by atoms with E-state index in [1.54, 1.807) is 0 Å². The van der Waals surface area contributed by atoms with Crippen LogP contribution in [0.2, 0.25) is 0 Å². The van der Waals surface area contributed by atoms with Gasteiger partial charge in [0, 0.05) is 12.6 Å². The molecule has 1 aliphatic rings. The molecule has 0 saturated carbocycles. The van der Waals surface area contributed by atoms with Crippen molar-refractivity contribution < 1.29 is 4.79 Å². The third kappa shape index (κ3) is 8.02. The van der Waals surface area contributed by atoms with Crippen LogP contribution >= 0.6 is 24.8 Å². The number of nitrogens with two attached hydrogens (primary N) is 1. The molecule has 23 heavy (non-hydrogen) atoms. The summed E-state index contributed by atoms with van der Waals surface area (Å²) in [6, 6.07) is 9.59. The molecule has 2 atom stereocenters. The first-order chi connectivity index (χ1) is 10.1. The van der Waals surface area contributed by atoms with Crippen molar-refractivity contribution >= 4 is 30.7 Å². The summed E-state index contributed by atoms with van der Waals surface area (Å²) in [5, 5.41) is 3.04. The highest BCUT2D eigenvalue weighted by Gasteiger charge is 2.18.